The monoisotopic (exact) mass is 489 g/mol. The third kappa shape index (κ3) is 3.32. The number of H-pyrrole nitrogens is 1. The molecule has 36 heavy (non-hydrogen) atoms. The Labute approximate surface area is 201 Å². The number of halogens is 3. The van der Waals surface area contributed by atoms with Crippen LogP contribution < -0.4 is 11.2 Å². The molecule has 0 radical (unpaired) electrons. The van der Waals surface area contributed by atoms with Gasteiger partial charge in [-0.25, -0.2) is 9.78 Å². The van der Waals surface area contributed by atoms with E-state index in [4.69, 9.17) is 0 Å². The molecule has 5 rings (SSSR count). The van der Waals surface area contributed by atoms with Gasteiger partial charge in [0.2, 0.25) is 0 Å². The summed E-state index contributed by atoms with van der Waals surface area (Å²) < 4.78 is 41.7. The highest BCUT2D eigenvalue weighted by Crippen LogP contribution is 2.40. The average Bonchev–Trinajstić information content (AvgIpc) is 3.19. The Hall–Kier alpha value is -4.65. The van der Waals surface area contributed by atoms with Crippen molar-refractivity contribution in [3.05, 3.63) is 86.2 Å². The minimum atomic E-state index is -4.55. The van der Waals surface area contributed by atoms with Crippen molar-refractivity contribution in [3.63, 3.8) is 0 Å². The number of benzene rings is 2. The number of nitrogens with zero attached hydrogens (tertiary/aromatic N) is 4. The molecule has 2 aromatic carbocycles. The summed E-state index contributed by atoms with van der Waals surface area (Å²) >= 11 is 0. The van der Waals surface area contributed by atoms with Crippen LogP contribution >= 0.6 is 0 Å². The van der Waals surface area contributed by atoms with Crippen molar-refractivity contribution in [2.45, 2.75) is 13.1 Å². The summed E-state index contributed by atoms with van der Waals surface area (Å²) in [6.45, 7) is 1.81. The van der Waals surface area contributed by atoms with E-state index in [-0.39, 0.29) is 33.4 Å². The van der Waals surface area contributed by atoms with Gasteiger partial charge in [0.15, 0.2) is 5.65 Å². The molecule has 5 aromatic rings. The number of hydrogen-bond acceptors (Lipinski definition) is 4. The lowest BCUT2D eigenvalue weighted by molar-refractivity contribution is -0.137. The SMILES string of the molecule is Cc1[nH]c2ccccc2c1-c1nc2c(c(-c3ccc(C(F)(F)F)cc3)c1C#N)c(=O)n(C)c(=O)n2C. The smallest absolute Gasteiger partial charge is 0.358 e. The number of aromatic amines is 1. The molecular weight excluding hydrogens is 471 g/mol. The number of hydrogen-bond donors (Lipinski definition) is 1. The Balaban J connectivity index is 2.00. The maximum absolute atomic E-state index is 13.3. The van der Waals surface area contributed by atoms with Gasteiger partial charge in [-0.05, 0) is 30.7 Å². The first-order valence-corrected chi connectivity index (χ1v) is 10.8. The summed E-state index contributed by atoms with van der Waals surface area (Å²) in [5.74, 6) is 0. The molecule has 3 aromatic heterocycles. The summed E-state index contributed by atoms with van der Waals surface area (Å²) in [5.41, 5.74) is 0.519. The molecule has 180 valence electrons. The Bertz CT molecular complexity index is 1850. The molecule has 0 unspecified atom stereocenters. The van der Waals surface area contributed by atoms with Gasteiger partial charge in [-0.3, -0.25) is 13.9 Å². The first-order valence-electron chi connectivity index (χ1n) is 10.8. The zero-order valence-corrected chi connectivity index (χ0v) is 19.4. The summed E-state index contributed by atoms with van der Waals surface area (Å²) in [6, 6.07) is 13.7. The van der Waals surface area contributed by atoms with E-state index in [0.717, 1.165) is 27.6 Å². The number of aromatic nitrogens is 4. The van der Waals surface area contributed by atoms with E-state index in [2.05, 4.69) is 16.0 Å². The van der Waals surface area contributed by atoms with Gasteiger partial charge in [0.25, 0.3) is 5.56 Å². The van der Waals surface area contributed by atoms with Gasteiger partial charge in [0.05, 0.1) is 22.2 Å². The Morgan fingerprint density at radius 3 is 2.28 bits per heavy atom. The van der Waals surface area contributed by atoms with Crippen LogP contribution in [0.2, 0.25) is 0 Å². The highest BCUT2D eigenvalue weighted by molar-refractivity contribution is 6.04. The van der Waals surface area contributed by atoms with Crippen molar-refractivity contribution in [1.82, 2.24) is 19.1 Å². The molecular formula is C26H18F3N5O2. The van der Waals surface area contributed by atoms with Crippen molar-refractivity contribution in [2.75, 3.05) is 0 Å². The number of nitrogens with one attached hydrogen (secondary N) is 1. The molecule has 10 heteroatoms. The van der Waals surface area contributed by atoms with Gasteiger partial charge >= 0.3 is 11.9 Å². The lowest BCUT2D eigenvalue weighted by atomic mass is 9.92. The van der Waals surface area contributed by atoms with Gasteiger partial charge in [-0.1, -0.05) is 30.3 Å². The quantitative estimate of drug-likeness (QED) is 0.391. The second-order valence-electron chi connectivity index (χ2n) is 8.47. The van der Waals surface area contributed by atoms with E-state index < -0.39 is 23.0 Å². The highest BCUT2D eigenvalue weighted by Gasteiger charge is 2.31. The average molecular weight is 489 g/mol. The Morgan fingerprint density at radius 1 is 0.972 bits per heavy atom. The fourth-order valence-electron chi connectivity index (χ4n) is 4.57. The number of nitriles is 1. The zero-order chi connectivity index (χ0) is 25.9. The lowest BCUT2D eigenvalue weighted by Gasteiger charge is -2.16. The lowest BCUT2D eigenvalue weighted by Crippen LogP contribution is -2.37. The van der Waals surface area contributed by atoms with Crippen LogP contribution in [-0.2, 0) is 20.3 Å². The largest absolute Gasteiger partial charge is 0.416 e. The minimum Gasteiger partial charge on any atom is -0.358 e. The van der Waals surface area contributed by atoms with E-state index in [1.807, 2.05) is 31.2 Å². The zero-order valence-electron chi connectivity index (χ0n) is 19.4. The molecule has 3 heterocycles. The third-order valence-electron chi connectivity index (χ3n) is 6.33. The molecule has 0 atom stereocenters. The van der Waals surface area contributed by atoms with Crippen LogP contribution in [-0.4, -0.2) is 19.1 Å². The van der Waals surface area contributed by atoms with Crippen molar-refractivity contribution in [1.29, 1.82) is 5.26 Å². The fourth-order valence-corrected chi connectivity index (χ4v) is 4.57. The summed E-state index contributed by atoms with van der Waals surface area (Å²) in [7, 11) is 2.75. The summed E-state index contributed by atoms with van der Waals surface area (Å²) in [6.07, 6.45) is -4.55. The van der Waals surface area contributed by atoms with E-state index in [1.165, 1.54) is 30.8 Å². The fraction of sp³-hybridized carbons (Fsp3) is 0.154. The number of alkyl halides is 3. The Morgan fingerprint density at radius 2 is 1.64 bits per heavy atom. The number of fused-ring (bicyclic) bond motifs is 2. The van der Waals surface area contributed by atoms with Crippen LogP contribution in [0.3, 0.4) is 0 Å². The molecule has 0 aliphatic carbocycles. The Kier molecular flexibility index (Phi) is 5.10. The number of pyridine rings is 1. The van der Waals surface area contributed by atoms with Gasteiger partial charge in [0.1, 0.15) is 6.07 Å². The van der Waals surface area contributed by atoms with Crippen LogP contribution in [0.1, 0.15) is 16.8 Å². The maximum atomic E-state index is 13.3. The van der Waals surface area contributed by atoms with E-state index in [1.54, 1.807) is 0 Å². The predicted octanol–water partition coefficient (Wildman–Crippen LogP) is 4.65. The number of para-hydroxylation sites is 1. The van der Waals surface area contributed by atoms with Crippen molar-refractivity contribution >= 4 is 21.9 Å². The van der Waals surface area contributed by atoms with Gasteiger partial charge < -0.3 is 4.98 Å². The first kappa shape index (κ1) is 23.1. The van der Waals surface area contributed by atoms with Crippen LogP contribution in [0.4, 0.5) is 13.2 Å². The molecule has 0 spiro atoms. The standard InChI is InChI=1S/C26H18F3N5O2/c1-13-19(16-6-4-5-7-18(16)31-13)22-17(12-30)20(14-8-10-15(11-9-14)26(27,28)29)21-23(32-22)33(2)25(36)34(3)24(21)35/h4-11,31H,1-3H3. The van der Waals surface area contributed by atoms with Gasteiger partial charge in [-0.15, -0.1) is 0 Å². The van der Waals surface area contributed by atoms with Crippen molar-refractivity contribution in [3.8, 4) is 28.5 Å². The third-order valence-corrected chi connectivity index (χ3v) is 6.33. The molecule has 0 aliphatic rings. The van der Waals surface area contributed by atoms with Crippen LogP contribution in [0, 0.1) is 18.3 Å². The molecule has 0 saturated heterocycles. The number of rotatable bonds is 2. The minimum absolute atomic E-state index is 0.0193. The molecule has 1 N–H and O–H groups in total. The van der Waals surface area contributed by atoms with Crippen LogP contribution in [0.15, 0.2) is 58.1 Å². The molecule has 7 nitrogen and oxygen atoms in total. The topological polar surface area (TPSA) is 96.5 Å². The van der Waals surface area contributed by atoms with Crippen molar-refractivity contribution in [2.24, 2.45) is 14.1 Å². The van der Waals surface area contributed by atoms with Crippen molar-refractivity contribution < 1.29 is 13.2 Å². The maximum Gasteiger partial charge on any atom is 0.416 e. The summed E-state index contributed by atoms with van der Waals surface area (Å²) in [4.78, 5) is 33.9. The van der Waals surface area contributed by atoms with Gasteiger partial charge in [-0.2, -0.15) is 18.4 Å². The van der Waals surface area contributed by atoms with Gasteiger partial charge in [0, 0.05) is 41.8 Å². The molecule has 0 amide bonds. The molecule has 0 aliphatic heterocycles. The molecule has 0 fully saturated rings. The predicted molar refractivity (Wildman–Crippen MR) is 129 cm³/mol. The second-order valence-corrected chi connectivity index (χ2v) is 8.47. The highest BCUT2D eigenvalue weighted by atomic mass is 19.4. The van der Waals surface area contributed by atoms with E-state index in [0.29, 0.717) is 11.3 Å². The van der Waals surface area contributed by atoms with E-state index in [9.17, 15) is 28.0 Å². The summed E-state index contributed by atoms with van der Waals surface area (Å²) in [5, 5.41) is 11.0. The molecule has 0 bridgehead atoms. The van der Waals surface area contributed by atoms with Crippen LogP contribution in [0.5, 0.6) is 0 Å². The first-order chi connectivity index (χ1) is 17.0. The second kappa shape index (κ2) is 7.95. The van der Waals surface area contributed by atoms with E-state index >= 15 is 0 Å². The molecule has 0 saturated carbocycles. The number of aryl methyl sites for hydroxylation is 2. The normalized spacial score (nSPS) is 11.8. The van der Waals surface area contributed by atoms with Crippen LogP contribution in [0.25, 0.3) is 44.3 Å².